The van der Waals surface area contributed by atoms with E-state index in [4.69, 9.17) is 0 Å². The molecule has 0 spiro atoms. The summed E-state index contributed by atoms with van der Waals surface area (Å²) in [6, 6.07) is 9.93. The summed E-state index contributed by atoms with van der Waals surface area (Å²) >= 11 is 0. The number of fused-ring (bicyclic) bond motifs is 1. The molecule has 1 aliphatic heterocycles. The highest BCUT2D eigenvalue weighted by atomic mass is 32.2. The molecule has 0 unspecified atom stereocenters. The maximum Gasteiger partial charge on any atom is 0.516 e. The largest absolute Gasteiger partial charge is 0.516 e. The van der Waals surface area contributed by atoms with Crippen LogP contribution < -0.4 is 9.62 Å². The van der Waals surface area contributed by atoms with E-state index in [-0.39, 0.29) is 30.0 Å². The molecule has 3 amide bonds. The van der Waals surface area contributed by atoms with E-state index in [0.717, 1.165) is 17.0 Å². The predicted octanol–water partition coefficient (Wildman–Crippen LogP) is 3.00. The Hall–Kier alpha value is -3.41. The van der Waals surface area contributed by atoms with Gasteiger partial charge in [0.1, 0.15) is 0 Å². The molecule has 0 saturated heterocycles. The molecular weight excluding hydrogens is 451 g/mol. The molecule has 0 aromatic heterocycles. The monoisotopic (exact) mass is 469 g/mol. The molecule has 1 N–H and O–H groups in total. The normalized spacial score (nSPS) is 13.7. The number of amides is 3. The van der Waals surface area contributed by atoms with Crippen LogP contribution in [0.1, 0.15) is 35.3 Å². The molecule has 0 fully saturated rings. The molecule has 0 bridgehead atoms. The van der Waals surface area contributed by atoms with Crippen molar-refractivity contribution in [1.82, 2.24) is 4.90 Å². The zero-order chi connectivity index (χ0) is 23.8. The van der Waals surface area contributed by atoms with Crippen molar-refractivity contribution in [2.75, 3.05) is 9.62 Å². The quantitative estimate of drug-likeness (QED) is 0.725. The van der Waals surface area contributed by atoms with Gasteiger partial charge in [0.05, 0.1) is 11.3 Å². The summed E-state index contributed by atoms with van der Waals surface area (Å²) in [6.45, 7) is 2.71. The summed E-state index contributed by atoms with van der Waals surface area (Å²) in [6.07, 6.45) is 0. The molecule has 32 heavy (non-hydrogen) atoms. The van der Waals surface area contributed by atoms with Crippen molar-refractivity contribution >= 4 is 39.1 Å². The topological polar surface area (TPSA) is 104 Å². The number of nitrogens with one attached hydrogen (secondary N) is 1. The van der Waals surface area contributed by atoms with Gasteiger partial charge in [-0.25, -0.2) is 0 Å². The number of imide groups is 1. The maximum atomic E-state index is 13.0. The Morgan fingerprint density at radius 2 is 1.66 bits per heavy atom. The molecule has 0 aliphatic carbocycles. The molecule has 170 valence electrons. The van der Waals surface area contributed by atoms with Crippen molar-refractivity contribution in [1.29, 1.82) is 0 Å². The second-order valence-electron chi connectivity index (χ2n) is 7.09. The lowest BCUT2D eigenvalue weighted by Gasteiger charge is -2.20. The van der Waals surface area contributed by atoms with Crippen LogP contribution in [0.5, 0.6) is 0 Å². The van der Waals surface area contributed by atoms with E-state index in [9.17, 15) is 36.0 Å². The molecule has 0 saturated carbocycles. The van der Waals surface area contributed by atoms with Crippen LogP contribution in [-0.4, -0.2) is 36.5 Å². The minimum Gasteiger partial charge on any atom is -0.330 e. The van der Waals surface area contributed by atoms with E-state index in [1.54, 1.807) is 12.1 Å². The van der Waals surface area contributed by atoms with Crippen LogP contribution in [0.4, 0.5) is 24.5 Å². The van der Waals surface area contributed by atoms with E-state index in [1.807, 2.05) is 0 Å². The Bertz CT molecular complexity index is 1180. The Labute approximate surface area is 181 Å². The number of carbonyl (C=O) groups excluding carboxylic acids is 3. The standard InChI is InChI=1S/C20H18F3N3O5S/c1-12(27)26(13(2)28)17-5-3-4-15-11-25(19(29)18(15)17)10-14-6-8-16(9-7-14)24-32(30,31)20(21,22)23/h3-9,24H,10-11H2,1-2H3. The van der Waals surface area contributed by atoms with Gasteiger partial charge in [-0.2, -0.15) is 21.6 Å². The van der Waals surface area contributed by atoms with E-state index < -0.39 is 33.3 Å². The van der Waals surface area contributed by atoms with Crippen LogP contribution in [0.25, 0.3) is 0 Å². The maximum absolute atomic E-state index is 13.0. The summed E-state index contributed by atoms with van der Waals surface area (Å²) in [5, 5.41) is 0. The van der Waals surface area contributed by atoms with Crippen molar-refractivity contribution < 1.29 is 36.0 Å². The molecule has 3 rings (SSSR count). The molecule has 2 aromatic carbocycles. The van der Waals surface area contributed by atoms with Gasteiger partial charge in [-0.15, -0.1) is 0 Å². The lowest BCUT2D eigenvalue weighted by atomic mass is 10.1. The van der Waals surface area contributed by atoms with Gasteiger partial charge in [-0.1, -0.05) is 24.3 Å². The van der Waals surface area contributed by atoms with Crippen LogP contribution in [0.2, 0.25) is 0 Å². The third-order valence-electron chi connectivity index (χ3n) is 4.75. The fourth-order valence-corrected chi connectivity index (χ4v) is 3.95. The number of halogens is 3. The van der Waals surface area contributed by atoms with Gasteiger partial charge in [-0.3, -0.25) is 24.0 Å². The van der Waals surface area contributed by atoms with Crippen LogP contribution >= 0.6 is 0 Å². The SMILES string of the molecule is CC(=O)N(C(C)=O)c1cccc2c1C(=O)N(Cc1ccc(NS(=O)(=O)C(F)(F)F)cc1)C2. The second-order valence-corrected chi connectivity index (χ2v) is 8.77. The first-order chi connectivity index (χ1) is 14.8. The lowest BCUT2D eigenvalue weighted by molar-refractivity contribution is -0.124. The molecule has 1 heterocycles. The van der Waals surface area contributed by atoms with Gasteiger partial charge >= 0.3 is 15.5 Å². The Kier molecular flexibility index (Phi) is 6.00. The Balaban J connectivity index is 1.80. The molecule has 2 aromatic rings. The minimum absolute atomic E-state index is 0.0827. The van der Waals surface area contributed by atoms with Crippen molar-refractivity contribution in [3.8, 4) is 0 Å². The van der Waals surface area contributed by atoms with Gasteiger partial charge < -0.3 is 4.90 Å². The van der Waals surface area contributed by atoms with Crippen LogP contribution in [0.15, 0.2) is 42.5 Å². The number of hydrogen-bond donors (Lipinski definition) is 1. The van der Waals surface area contributed by atoms with E-state index in [0.29, 0.717) is 11.1 Å². The molecule has 0 radical (unpaired) electrons. The number of sulfonamides is 1. The highest BCUT2D eigenvalue weighted by molar-refractivity contribution is 7.93. The van der Waals surface area contributed by atoms with Crippen molar-refractivity contribution in [2.45, 2.75) is 32.4 Å². The number of hydrogen-bond acceptors (Lipinski definition) is 5. The number of alkyl halides is 3. The molecule has 12 heteroatoms. The average Bonchev–Trinajstić information content (AvgIpc) is 2.98. The summed E-state index contributed by atoms with van der Waals surface area (Å²) < 4.78 is 61.3. The van der Waals surface area contributed by atoms with Gasteiger partial charge in [0.15, 0.2) is 0 Å². The summed E-state index contributed by atoms with van der Waals surface area (Å²) in [5.74, 6) is -1.48. The third kappa shape index (κ3) is 4.44. The fourth-order valence-electron chi connectivity index (χ4n) is 3.39. The van der Waals surface area contributed by atoms with Crippen LogP contribution in [-0.2, 0) is 32.7 Å². The predicted molar refractivity (Wildman–Crippen MR) is 109 cm³/mol. The van der Waals surface area contributed by atoms with Crippen molar-refractivity contribution in [3.63, 3.8) is 0 Å². The minimum atomic E-state index is -5.53. The smallest absolute Gasteiger partial charge is 0.330 e. The van der Waals surface area contributed by atoms with Gasteiger partial charge in [-0.05, 0) is 29.3 Å². The number of rotatable bonds is 5. The lowest BCUT2D eigenvalue weighted by Crippen LogP contribution is -2.34. The first kappa shape index (κ1) is 23.3. The van der Waals surface area contributed by atoms with Crippen LogP contribution in [0.3, 0.4) is 0 Å². The van der Waals surface area contributed by atoms with Crippen molar-refractivity contribution in [3.05, 3.63) is 59.2 Å². The zero-order valence-corrected chi connectivity index (χ0v) is 17.7. The molecular formula is C20H18F3N3O5S. The van der Waals surface area contributed by atoms with Gasteiger partial charge in [0.2, 0.25) is 11.8 Å². The van der Waals surface area contributed by atoms with E-state index in [2.05, 4.69) is 0 Å². The summed E-state index contributed by atoms with van der Waals surface area (Å²) in [7, 11) is -5.53. The first-order valence-corrected chi connectivity index (χ1v) is 10.7. The molecule has 0 atom stereocenters. The van der Waals surface area contributed by atoms with Gasteiger partial charge in [0.25, 0.3) is 5.91 Å². The fraction of sp³-hybridized carbons (Fsp3) is 0.250. The average molecular weight is 469 g/mol. The second kappa shape index (κ2) is 8.26. The van der Waals surface area contributed by atoms with Crippen LogP contribution in [0, 0.1) is 0 Å². The molecule has 8 nitrogen and oxygen atoms in total. The number of anilines is 2. The number of carbonyl (C=O) groups is 3. The zero-order valence-electron chi connectivity index (χ0n) is 16.9. The highest BCUT2D eigenvalue weighted by Crippen LogP contribution is 2.33. The molecule has 1 aliphatic rings. The summed E-state index contributed by atoms with van der Waals surface area (Å²) in [5.41, 5.74) is -4.14. The van der Waals surface area contributed by atoms with Gasteiger partial charge in [0, 0.05) is 32.6 Å². The summed E-state index contributed by atoms with van der Waals surface area (Å²) in [4.78, 5) is 39.2. The third-order valence-corrected chi connectivity index (χ3v) is 5.86. The first-order valence-electron chi connectivity index (χ1n) is 9.22. The number of benzene rings is 2. The number of nitrogens with zero attached hydrogens (tertiary/aromatic N) is 2. The van der Waals surface area contributed by atoms with E-state index in [1.165, 1.54) is 41.7 Å². The highest BCUT2D eigenvalue weighted by Gasteiger charge is 2.46. The van der Waals surface area contributed by atoms with Crippen molar-refractivity contribution in [2.24, 2.45) is 0 Å². The Morgan fingerprint density at radius 3 is 2.19 bits per heavy atom. The van der Waals surface area contributed by atoms with E-state index >= 15 is 0 Å². The Morgan fingerprint density at radius 1 is 1.06 bits per heavy atom.